The van der Waals surface area contributed by atoms with E-state index in [0.717, 1.165) is 35.9 Å². The van der Waals surface area contributed by atoms with Gasteiger partial charge in [0.05, 0.1) is 32.4 Å². The molecular formula is C27H31N3O5. The average Bonchev–Trinajstić information content (AvgIpc) is 3.53. The zero-order valence-corrected chi connectivity index (χ0v) is 20.4. The summed E-state index contributed by atoms with van der Waals surface area (Å²) >= 11 is 0. The van der Waals surface area contributed by atoms with Crippen molar-refractivity contribution >= 4 is 22.7 Å². The Hall–Kier alpha value is -3.52. The zero-order chi connectivity index (χ0) is 24.6. The Morgan fingerprint density at radius 3 is 2.69 bits per heavy atom. The van der Waals surface area contributed by atoms with Crippen LogP contribution in [0.1, 0.15) is 35.8 Å². The van der Waals surface area contributed by atoms with E-state index in [0.29, 0.717) is 30.3 Å². The lowest BCUT2D eigenvalue weighted by atomic mass is 9.93. The Kier molecular flexibility index (Phi) is 6.15. The number of rotatable bonds is 7. The maximum atomic E-state index is 13.9. The lowest BCUT2D eigenvalue weighted by molar-refractivity contribution is -0.133. The highest BCUT2D eigenvalue weighted by atomic mass is 16.5. The zero-order valence-electron chi connectivity index (χ0n) is 20.4. The van der Waals surface area contributed by atoms with Gasteiger partial charge in [0.25, 0.3) is 5.91 Å². The Balaban J connectivity index is 1.54. The smallest absolute Gasteiger partial charge is 0.271 e. The third kappa shape index (κ3) is 4.23. The van der Waals surface area contributed by atoms with Crippen LogP contribution in [0.5, 0.6) is 11.5 Å². The minimum atomic E-state index is -1.11. The molecule has 0 bridgehead atoms. The first-order valence-corrected chi connectivity index (χ1v) is 11.9. The number of nitrogens with zero attached hydrogens (tertiary/aromatic N) is 2. The van der Waals surface area contributed by atoms with Crippen LogP contribution < -0.4 is 14.8 Å². The lowest BCUT2D eigenvalue weighted by Crippen LogP contribution is -2.64. The first kappa shape index (κ1) is 23.2. The van der Waals surface area contributed by atoms with Gasteiger partial charge in [-0.15, -0.1) is 0 Å². The third-order valence-electron chi connectivity index (χ3n) is 7.12. The molecule has 0 unspecified atom stereocenters. The summed E-state index contributed by atoms with van der Waals surface area (Å²) in [6.07, 6.45) is 1.94. The number of fused-ring (bicyclic) bond motifs is 3. The maximum Gasteiger partial charge on any atom is 0.271 e. The second kappa shape index (κ2) is 9.26. The van der Waals surface area contributed by atoms with Gasteiger partial charge in [0.2, 0.25) is 5.91 Å². The van der Waals surface area contributed by atoms with E-state index < -0.39 is 5.54 Å². The van der Waals surface area contributed by atoms with Gasteiger partial charge < -0.3 is 29.0 Å². The van der Waals surface area contributed by atoms with Crippen molar-refractivity contribution in [3.8, 4) is 11.5 Å². The molecule has 2 atom stereocenters. The van der Waals surface area contributed by atoms with Gasteiger partial charge in [0.15, 0.2) is 0 Å². The van der Waals surface area contributed by atoms with E-state index in [1.54, 1.807) is 19.1 Å². The van der Waals surface area contributed by atoms with Crippen molar-refractivity contribution in [2.45, 2.75) is 44.5 Å². The summed E-state index contributed by atoms with van der Waals surface area (Å²) in [4.78, 5) is 29.3. The first-order chi connectivity index (χ1) is 16.9. The molecule has 0 saturated carbocycles. The standard InChI is InChI=1S/C27H31N3O5/c1-27(26(32)28-15-22-8-5-11-35-22)17-29-23-14-21(34-3)10-9-19(23)13-24(29)25(31)30(27)16-18-6-4-7-20(12-18)33-2/h4,6-7,9-10,12-14,22H,5,8,11,15-17H2,1-3H3,(H,28,32)/t22-,27+/m1/s1. The monoisotopic (exact) mass is 477 g/mol. The quantitative estimate of drug-likeness (QED) is 0.564. The van der Waals surface area contributed by atoms with Crippen LogP contribution >= 0.6 is 0 Å². The molecule has 0 spiro atoms. The minimum Gasteiger partial charge on any atom is -0.497 e. The van der Waals surface area contributed by atoms with Crippen LogP contribution in [0.4, 0.5) is 0 Å². The molecule has 184 valence electrons. The molecule has 2 amide bonds. The number of hydrogen-bond donors (Lipinski definition) is 1. The van der Waals surface area contributed by atoms with E-state index in [2.05, 4.69) is 5.32 Å². The number of benzene rings is 2. The molecule has 2 aliphatic heterocycles. The van der Waals surface area contributed by atoms with Gasteiger partial charge in [-0.25, -0.2) is 0 Å². The number of nitrogens with one attached hydrogen (secondary N) is 1. The molecule has 8 heteroatoms. The largest absolute Gasteiger partial charge is 0.497 e. The molecule has 35 heavy (non-hydrogen) atoms. The summed E-state index contributed by atoms with van der Waals surface area (Å²) in [6, 6.07) is 15.2. The van der Waals surface area contributed by atoms with E-state index in [1.807, 2.05) is 60.0 Å². The van der Waals surface area contributed by atoms with Gasteiger partial charge in [-0.2, -0.15) is 0 Å². The van der Waals surface area contributed by atoms with Crippen molar-refractivity contribution in [1.29, 1.82) is 0 Å². The molecule has 0 radical (unpaired) electrons. The molecule has 3 aromatic rings. The van der Waals surface area contributed by atoms with E-state index >= 15 is 0 Å². The van der Waals surface area contributed by atoms with Crippen molar-refractivity contribution < 1.29 is 23.8 Å². The SMILES string of the molecule is COc1cccc(CN2C(=O)c3cc4ccc(OC)cc4n3C[C@@]2(C)C(=O)NC[C@H]2CCCO2)c1. The van der Waals surface area contributed by atoms with Crippen LogP contribution in [-0.2, 0) is 22.6 Å². The van der Waals surface area contributed by atoms with Crippen LogP contribution in [-0.4, -0.2) is 60.3 Å². The molecule has 0 aliphatic carbocycles. The molecule has 2 aliphatic rings. The highest BCUT2D eigenvalue weighted by molar-refractivity contribution is 6.03. The number of hydrogen-bond acceptors (Lipinski definition) is 5. The average molecular weight is 478 g/mol. The number of aromatic nitrogens is 1. The van der Waals surface area contributed by atoms with Gasteiger partial charge in [0, 0.05) is 31.1 Å². The van der Waals surface area contributed by atoms with Gasteiger partial charge in [0.1, 0.15) is 22.7 Å². The Morgan fingerprint density at radius 2 is 1.94 bits per heavy atom. The van der Waals surface area contributed by atoms with Gasteiger partial charge in [-0.3, -0.25) is 9.59 Å². The Bertz CT molecular complexity index is 1260. The summed E-state index contributed by atoms with van der Waals surface area (Å²) in [5.74, 6) is 1.02. The van der Waals surface area contributed by atoms with Crippen LogP contribution in [0.2, 0.25) is 0 Å². The van der Waals surface area contributed by atoms with Crippen LogP contribution in [0, 0.1) is 0 Å². The predicted molar refractivity (Wildman–Crippen MR) is 132 cm³/mol. The van der Waals surface area contributed by atoms with E-state index in [-0.39, 0.29) is 24.5 Å². The number of ether oxygens (including phenoxy) is 3. The van der Waals surface area contributed by atoms with Crippen LogP contribution in [0.3, 0.4) is 0 Å². The summed E-state index contributed by atoms with van der Waals surface area (Å²) in [5, 5.41) is 4.00. The summed E-state index contributed by atoms with van der Waals surface area (Å²) in [5.41, 5.74) is 1.20. The molecule has 3 heterocycles. The van der Waals surface area contributed by atoms with Crippen molar-refractivity contribution in [1.82, 2.24) is 14.8 Å². The summed E-state index contributed by atoms with van der Waals surface area (Å²) in [6.45, 7) is 3.60. The topological polar surface area (TPSA) is 82.0 Å². The third-order valence-corrected chi connectivity index (χ3v) is 7.12. The molecular weight excluding hydrogens is 446 g/mol. The lowest BCUT2D eigenvalue weighted by Gasteiger charge is -2.44. The van der Waals surface area contributed by atoms with Crippen molar-refractivity contribution in [2.24, 2.45) is 0 Å². The highest BCUT2D eigenvalue weighted by Crippen LogP contribution is 2.35. The second-order valence-electron chi connectivity index (χ2n) is 9.40. The number of methoxy groups -OCH3 is 2. The summed E-state index contributed by atoms with van der Waals surface area (Å²) < 4.78 is 18.4. The van der Waals surface area contributed by atoms with E-state index in [9.17, 15) is 9.59 Å². The van der Waals surface area contributed by atoms with Gasteiger partial charge in [-0.1, -0.05) is 12.1 Å². The van der Waals surface area contributed by atoms with Crippen molar-refractivity contribution in [3.05, 3.63) is 59.8 Å². The molecule has 1 N–H and O–H groups in total. The van der Waals surface area contributed by atoms with Crippen molar-refractivity contribution in [3.63, 3.8) is 0 Å². The fraction of sp³-hybridized carbons (Fsp3) is 0.407. The molecule has 2 aromatic carbocycles. The normalized spacial score (nSPS) is 21.7. The molecule has 1 fully saturated rings. The summed E-state index contributed by atoms with van der Waals surface area (Å²) in [7, 11) is 3.23. The maximum absolute atomic E-state index is 13.9. The predicted octanol–water partition coefficient (Wildman–Crippen LogP) is 3.37. The van der Waals surface area contributed by atoms with Crippen LogP contribution in [0.15, 0.2) is 48.5 Å². The number of amides is 2. The van der Waals surface area contributed by atoms with Crippen LogP contribution in [0.25, 0.3) is 10.9 Å². The van der Waals surface area contributed by atoms with Gasteiger partial charge in [-0.05, 0) is 55.7 Å². The van der Waals surface area contributed by atoms with E-state index in [4.69, 9.17) is 14.2 Å². The second-order valence-corrected chi connectivity index (χ2v) is 9.40. The Labute approximate surface area is 204 Å². The highest BCUT2D eigenvalue weighted by Gasteiger charge is 2.47. The number of carbonyl (C=O) groups excluding carboxylic acids is 2. The minimum absolute atomic E-state index is 0.0147. The van der Waals surface area contributed by atoms with Crippen molar-refractivity contribution in [2.75, 3.05) is 27.4 Å². The fourth-order valence-electron chi connectivity index (χ4n) is 5.06. The number of carbonyl (C=O) groups is 2. The van der Waals surface area contributed by atoms with Gasteiger partial charge >= 0.3 is 0 Å². The molecule has 1 saturated heterocycles. The Morgan fingerprint density at radius 1 is 1.14 bits per heavy atom. The fourth-order valence-corrected chi connectivity index (χ4v) is 5.06. The molecule has 5 rings (SSSR count). The molecule has 8 nitrogen and oxygen atoms in total. The first-order valence-electron chi connectivity index (χ1n) is 11.9. The van der Waals surface area contributed by atoms with E-state index in [1.165, 1.54) is 0 Å². The molecule has 1 aromatic heterocycles.